The second kappa shape index (κ2) is 5.79. The summed E-state index contributed by atoms with van der Waals surface area (Å²) in [5.41, 5.74) is 1.88. The molecule has 0 saturated carbocycles. The first-order valence-electron chi connectivity index (χ1n) is 5.10. The zero-order valence-electron chi connectivity index (χ0n) is 8.69. The lowest BCUT2D eigenvalue weighted by Crippen LogP contribution is -1.99. The first kappa shape index (κ1) is 12.1. The molecule has 1 aromatic rings. The van der Waals surface area contributed by atoms with E-state index in [0.29, 0.717) is 10.6 Å². The van der Waals surface area contributed by atoms with Gasteiger partial charge >= 0.3 is 0 Å². The highest BCUT2D eigenvalue weighted by atomic mass is 35.5. The molecule has 1 rings (SSSR count). The van der Waals surface area contributed by atoms with Gasteiger partial charge < -0.3 is 0 Å². The van der Waals surface area contributed by atoms with E-state index >= 15 is 0 Å². The van der Waals surface area contributed by atoms with Crippen LogP contribution in [0.25, 0.3) is 0 Å². The highest BCUT2D eigenvalue weighted by molar-refractivity contribution is 6.42. The summed E-state index contributed by atoms with van der Waals surface area (Å²) in [6, 6.07) is 5.93. The molecule has 14 heavy (non-hydrogen) atoms. The number of halogens is 2. The molecule has 0 aliphatic heterocycles. The van der Waals surface area contributed by atoms with Crippen LogP contribution in [0.15, 0.2) is 18.2 Å². The Balaban J connectivity index is 2.79. The molecule has 1 unspecified atom stereocenters. The molecule has 0 aliphatic carbocycles. The van der Waals surface area contributed by atoms with Gasteiger partial charge in [0.15, 0.2) is 0 Å². The highest BCUT2D eigenvalue weighted by Gasteiger charge is 2.10. The molecule has 0 saturated heterocycles. The zero-order valence-corrected chi connectivity index (χ0v) is 12.2. The van der Waals surface area contributed by atoms with E-state index in [1.807, 2.05) is 12.1 Å². The van der Waals surface area contributed by atoms with Crippen LogP contribution in [0.2, 0.25) is 10.0 Å². The molecule has 0 aliphatic rings. The molecule has 0 amide bonds. The van der Waals surface area contributed by atoms with Gasteiger partial charge in [0.25, 0.3) is 0 Å². The van der Waals surface area contributed by atoms with Gasteiger partial charge in [0.05, 0.1) is 10.0 Å². The summed E-state index contributed by atoms with van der Waals surface area (Å²) in [4.78, 5) is 0. The van der Waals surface area contributed by atoms with Gasteiger partial charge in [-0.25, -0.2) is 0 Å². The van der Waals surface area contributed by atoms with Crippen molar-refractivity contribution in [3.8, 4) is 0 Å². The van der Waals surface area contributed by atoms with E-state index in [-0.39, 0.29) is 0 Å². The van der Waals surface area contributed by atoms with E-state index in [2.05, 4.69) is 13.0 Å². The Labute approximate surface area is 99.0 Å². The van der Waals surface area contributed by atoms with Crippen molar-refractivity contribution in [2.24, 2.45) is 0 Å². The van der Waals surface area contributed by atoms with E-state index in [0.717, 1.165) is 15.3 Å². The molecule has 1 atom stereocenters. The van der Waals surface area contributed by atoms with Crippen molar-refractivity contribution in [3.63, 3.8) is 0 Å². The highest BCUT2D eigenvalue weighted by Crippen LogP contribution is 2.31. The van der Waals surface area contributed by atoms with Crippen molar-refractivity contribution in [3.05, 3.63) is 33.8 Å². The summed E-state index contributed by atoms with van der Waals surface area (Å²) in [6.07, 6.45) is 3.76. The van der Waals surface area contributed by atoms with Crippen LogP contribution in [0.3, 0.4) is 0 Å². The van der Waals surface area contributed by atoms with Crippen LogP contribution in [0.4, 0.5) is 0 Å². The molecule has 0 bridgehead atoms. The third-order valence-corrected chi connectivity index (χ3v) is 4.54. The third kappa shape index (κ3) is 3.01. The second-order valence-electron chi connectivity index (χ2n) is 3.69. The van der Waals surface area contributed by atoms with Crippen molar-refractivity contribution in [2.45, 2.75) is 31.7 Å². The number of unbranched alkanes of at least 4 members (excludes halogenated alkanes) is 1. The van der Waals surface area contributed by atoms with Crippen molar-refractivity contribution >= 4 is 33.4 Å². The van der Waals surface area contributed by atoms with E-state index < -0.39 is 0 Å². The molecule has 3 heteroatoms. The lowest BCUT2D eigenvalue weighted by molar-refractivity contribution is 0.700. The van der Waals surface area contributed by atoms with Crippen LogP contribution < -0.4 is 0 Å². The SMILES string of the molecule is CCCCC([SiH3])c1cccc(Cl)c1Cl. The van der Waals surface area contributed by atoms with Crippen LogP contribution in [0.5, 0.6) is 0 Å². The molecular formula is C11H16Cl2Si. The maximum atomic E-state index is 6.16. The van der Waals surface area contributed by atoms with Gasteiger partial charge in [-0.2, -0.15) is 0 Å². The molecule has 0 spiro atoms. The van der Waals surface area contributed by atoms with Gasteiger partial charge in [-0.05, 0) is 23.6 Å². The van der Waals surface area contributed by atoms with Gasteiger partial charge in [0, 0.05) is 10.2 Å². The first-order valence-corrected chi connectivity index (χ1v) is 7.01. The first-order chi connectivity index (χ1) is 6.66. The zero-order chi connectivity index (χ0) is 10.6. The average molecular weight is 247 g/mol. The summed E-state index contributed by atoms with van der Waals surface area (Å²) >= 11 is 12.1. The maximum Gasteiger partial charge on any atom is 0.0623 e. The Morgan fingerprint density at radius 2 is 2.07 bits per heavy atom. The molecule has 0 nitrogen and oxygen atoms in total. The summed E-state index contributed by atoms with van der Waals surface area (Å²) in [6.45, 7) is 2.22. The van der Waals surface area contributed by atoms with Gasteiger partial charge in [0.2, 0.25) is 0 Å². The van der Waals surface area contributed by atoms with Crippen LogP contribution >= 0.6 is 23.2 Å². The molecule has 0 heterocycles. The van der Waals surface area contributed by atoms with E-state index in [9.17, 15) is 0 Å². The predicted octanol–water partition coefficient (Wildman–Crippen LogP) is 3.59. The molecule has 0 radical (unpaired) electrons. The van der Waals surface area contributed by atoms with Crippen LogP contribution in [-0.4, -0.2) is 10.2 Å². The lowest BCUT2D eigenvalue weighted by Gasteiger charge is -2.13. The van der Waals surface area contributed by atoms with Gasteiger partial charge in [-0.15, -0.1) is 0 Å². The van der Waals surface area contributed by atoms with E-state index in [1.54, 1.807) is 0 Å². The quantitative estimate of drug-likeness (QED) is 0.713. The Kier molecular flexibility index (Phi) is 5.00. The number of rotatable bonds is 4. The van der Waals surface area contributed by atoms with Gasteiger partial charge in [0.1, 0.15) is 0 Å². The monoisotopic (exact) mass is 246 g/mol. The minimum Gasteiger partial charge on any atom is -0.0827 e. The van der Waals surface area contributed by atoms with Crippen LogP contribution in [-0.2, 0) is 0 Å². The van der Waals surface area contributed by atoms with Crippen molar-refractivity contribution < 1.29 is 0 Å². The molecule has 78 valence electrons. The van der Waals surface area contributed by atoms with Crippen molar-refractivity contribution in [1.29, 1.82) is 0 Å². The summed E-state index contributed by atoms with van der Waals surface area (Å²) < 4.78 is 0. The number of benzene rings is 1. The Morgan fingerprint density at radius 1 is 1.36 bits per heavy atom. The molecular weight excluding hydrogens is 231 g/mol. The third-order valence-electron chi connectivity index (χ3n) is 2.50. The number of hydrogen-bond donors (Lipinski definition) is 0. The van der Waals surface area contributed by atoms with E-state index in [4.69, 9.17) is 23.2 Å². The molecule has 0 aromatic heterocycles. The standard InChI is InChI=1S/C11H16Cl2Si/c1-2-3-7-10(14)8-5-4-6-9(12)11(8)13/h4-6,10H,2-3,7H2,1,14H3. The van der Waals surface area contributed by atoms with E-state index in [1.165, 1.54) is 24.8 Å². The minimum absolute atomic E-state index is 0.640. The normalized spacial score (nSPS) is 13.1. The molecule has 0 fully saturated rings. The summed E-state index contributed by atoms with van der Waals surface area (Å²) in [7, 11) is 1.14. The Hall–Kier alpha value is 0.0169. The fourth-order valence-electron chi connectivity index (χ4n) is 1.57. The lowest BCUT2D eigenvalue weighted by atomic mass is 10.1. The predicted molar refractivity (Wildman–Crippen MR) is 68.7 cm³/mol. The van der Waals surface area contributed by atoms with Crippen LogP contribution in [0, 0.1) is 0 Å². The fraction of sp³-hybridized carbons (Fsp3) is 0.455. The summed E-state index contributed by atoms with van der Waals surface area (Å²) in [5, 5.41) is 1.44. The topological polar surface area (TPSA) is 0 Å². The second-order valence-corrected chi connectivity index (χ2v) is 5.87. The maximum absolute atomic E-state index is 6.16. The largest absolute Gasteiger partial charge is 0.0827 e. The minimum atomic E-state index is 0.640. The Bertz CT molecular complexity index is 299. The van der Waals surface area contributed by atoms with Crippen molar-refractivity contribution in [1.82, 2.24) is 0 Å². The van der Waals surface area contributed by atoms with Crippen molar-refractivity contribution in [2.75, 3.05) is 0 Å². The fourth-order valence-corrected chi connectivity index (χ4v) is 3.13. The number of hydrogen-bond acceptors (Lipinski definition) is 0. The Morgan fingerprint density at radius 3 is 2.71 bits per heavy atom. The van der Waals surface area contributed by atoms with Crippen LogP contribution in [0.1, 0.15) is 37.3 Å². The smallest absolute Gasteiger partial charge is 0.0623 e. The molecule has 1 aromatic carbocycles. The van der Waals surface area contributed by atoms with Gasteiger partial charge in [-0.1, -0.05) is 55.1 Å². The average Bonchev–Trinajstić information content (AvgIpc) is 2.18. The summed E-state index contributed by atoms with van der Waals surface area (Å²) in [5.74, 6) is 0. The molecule has 0 N–H and O–H groups in total. The van der Waals surface area contributed by atoms with Gasteiger partial charge in [-0.3, -0.25) is 0 Å².